The van der Waals surface area contributed by atoms with Gasteiger partial charge in [-0.3, -0.25) is 0 Å². The first-order chi connectivity index (χ1) is 10.6. The maximum absolute atomic E-state index is 11.9. The van der Waals surface area contributed by atoms with Gasteiger partial charge in [0.15, 0.2) is 0 Å². The molecule has 1 aromatic heterocycles. The molecule has 3 N–H and O–H groups in total. The summed E-state index contributed by atoms with van der Waals surface area (Å²) in [4.78, 5) is 11.9. The summed E-state index contributed by atoms with van der Waals surface area (Å²) in [6.45, 7) is 4.02. The third-order valence-corrected chi connectivity index (χ3v) is 3.12. The molecule has 0 aliphatic rings. The van der Waals surface area contributed by atoms with E-state index in [0.717, 1.165) is 12.1 Å². The fraction of sp³-hybridized carbons (Fsp3) is 0.400. The highest BCUT2D eigenvalue weighted by Crippen LogP contribution is 2.12. The van der Waals surface area contributed by atoms with E-state index in [0.29, 0.717) is 11.6 Å². The first-order valence-electron chi connectivity index (χ1n) is 7.23. The highest BCUT2D eigenvalue weighted by Gasteiger charge is 2.13. The SMILES string of the molecule is CC(C)CC(CO)NC(=O)Nc1ccc(-n2ccnn2)cc1. The summed E-state index contributed by atoms with van der Waals surface area (Å²) in [6, 6.07) is 6.67. The normalized spacial score (nSPS) is 12.2. The Morgan fingerprint density at radius 1 is 1.32 bits per heavy atom. The molecule has 7 heteroatoms. The Labute approximate surface area is 129 Å². The molecule has 0 aliphatic carbocycles. The molecular formula is C15H21N5O2. The van der Waals surface area contributed by atoms with Crippen LogP contribution in [0.4, 0.5) is 10.5 Å². The van der Waals surface area contributed by atoms with Gasteiger partial charge in [-0.1, -0.05) is 19.1 Å². The van der Waals surface area contributed by atoms with Crippen molar-refractivity contribution in [2.45, 2.75) is 26.3 Å². The molecule has 118 valence electrons. The molecule has 2 amide bonds. The maximum atomic E-state index is 11.9. The van der Waals surface area contributed by atoms with Crippen LogP contribution < -0.4 is 10.6 Å². The van der Waals surface area contributed by atoms with E-state index < -0.39 is 0 Å². The number of nitrogens with one attached hydrogen (secondary N) is 2. The van der Waals surface area contributed by atoms with Crippen LogP contribution in [0, 0.1) is 5.92 Å². The van der Waals surface area contributed by atoms with Crippen molar-refractivity contribution in [3.8, 4) is 5.69 Å². The molecule has 0 bridgehead atoms. The summed E-state index contributed by atoms with van der Waals surface area (Å²) >= 11 is 0. The lowest BCUT2D eigenvalue weighted by Gasteiger charge is -2.18. The van der Waals surface area contributed by atoms with Crippen molar-refractivity contribution in [2.75, 3.05) is 11.9 Å². The van der Waals surface area contributed by atoms with Crippen molar-refractivity contribution >= 4 is 11.7 Å². The minimum absolute atomic E-state index is 0.0726. The molecule has 1 heterocycles. The number of nitrogens with zero attached hydrogens (tertiary/aromatic N) is 3. The molecule has 7 nitrogen and oxygen atoms in total. The Hall–Kier alpha value is -2.41. The fourth-order valence-electron chi connectivity index (χ4n) is 2.14. The Balaban J connectivity index is 1.91. The number of amides is 2. The van der Waals surface area contributed by atoms with Crippen LogP contribution in [-0.2, 0) is 0 Å². The molecular weight excluding hydrogens is 282 g/mol. The van der Waals surface area contributed by atoms with Crippen LogP contribution in [0.5, 0.6) is 0 Å². The zero-order valence-electron chi connectivity index (χ0n) is 12.7. The number of hydrogen-bond donors (Lipinski definition) is 3. The minimum Gasteiger partial charge on any atom is -0.394 e. The standard InChI is InChI=1S/C15H21N5O2/c1-11(2)9-13(10-21)18-15(22)17-12-3-5-14(6-4-12)20-8-7-16-19-20/h3-8,11,13,21H,9-10H2,1-2H3,(H2,17,18,22). The number of rotatable bonds is 6. The summed E-state index contributed by atoms with van der Waals surface area (Å²) in [5.74, 6) is 0.402. The molecule has 2 rings (SSSR count). The largest absolute Gasteiger partial charge is 0.394 e. The highest BCUT2D eigenvalue weighted by atomic mass is 16.3. The van der Waals surface area contributed by atoms with Gasteiger partial charge in [0, 0.05) is 5.69 Å². The van der Waals surface area contributed by atoms with Gasteiger partial charge in [-0.2, -0.15) is 0 Å². The van der Waals surface area contributed by atoms with Gasteiger partial charge < -0.3 is 15.7 Å². The van der Waals surface area contributed by atoms with Crippen molar-refractivity contribution < 1.29 is 9.90 Å². The fourth-order valence-corrected chi connectivity index (χ4v) is 2.14. The van der Waals surface area contributed by atoms with E-state index in [9.17, 15) is 9.90 Å². The minimum atomic E-state index is -0.326. The molecule has 0 radical (unpaired) electrons. The van der Waals surface area contributed by atoms with Crippen molar-refractivity contribution in [1.82, 2.24) is 20.3 Å². The number of carbonyl (C=O) groups excluding carboxylic acids is 1. The van der Waals surface area contributed by atoms with E-state index in [1.165, 1.54) is 0 Å². The topological polar surface area (TPSA) is 92.1 Å². The van der Waals surface area contributed by atoms with Gasteiger partial charge in [0.2, 0.25) is 0 Å². The van der Waals surface area contributed by atoms with Gasteiger partial charge in [0.05, 0.1) is 30.7 Å². The van der Waals surface area contributed by atoms with E-state index in [-0.39, 0.29) is 18.7 Å². The average Bonchev–Trinajstić information content (AvgIpc) is 3.01. The lowest BCUT2D eigenvalue weighted by atomic mass is 10.0. The molecule has 0 saturated carbocycles. The van der Waals surface area contributed by atoms with Crippen LogP contribution in [-0.4, -0.2) is 38.8 Å². The number of aliphatic hydroxyl groups is 1. The summed E-state index contributed by atoms with van der Waals surface area (Å²) in [6.07, 6.45) is 4.07. The molecule has 22 heavy (non-hydrogen) atoms. The third-order valence-electron chi connectivity index (χ3n) is 3.12. The van der Waals surface area contributed by atoms with Gasteiger partial charge in [0.25, 0.3) is 0 Å². The number of benzene rings is 1. The van der Waals surface area contributed by atoms with Gasteiger partial charge in [-0.15, -0.1) is 5.10 Å². The number of hydrogen-bond acceptors (Lipinski definition) is 4. The number of aliphatic hydroxyl groups excluding tert-OH is 1. The van der Waals surface area contributed by atoms with Crippen LogP contribution in [0.1, 0.15) is 20.3 Å². The lowest BCUT2D eigenvalue weighted by molar-refractivity contribution is 0.214. The van der Waals surface area contributed by atoms with Crippen molar-refractivity contribution in [3.63, 3.8) is 0 Å². The van der Waals surface area contributed by atoms with E-state index in [2.05, 4.69) is 20.9 Å². The first-order valence-corrected chi connectivity index (χ1v) is 7.23. The second kappa shape index (κ2) is 7.56. The quantitative estimate of drug-likeness (QED) is 0.758. The molecule has 0 saturated heterocycles. The van der Waals surface area contributed by atoms with Gasteiger partial charge >= 0.3 is 6.03 Å². The van der Waals surface area contributed by atoms with Crippen LogP contribution >= 0.6 is 0 Å². The molecule has 0 fully saturated rings. The van der Waals surface area contributed by atoms with E-state index in [1.807, 2.05) is 26.0 Å². The van der Waals surface area contributed by atoms with Gasteiger partial charge in [0.1, 0.15) is 0 Å². The van der Waals surface area contributed by atoms with E-state index >= 15 is 0 Å². The van der Waals surface area contributed by atoms with Gasteiger partial charge in [-0.05, 0) is 36.6 Å². The summed E-state index contributed by atoms with van der Waals surface area (Å²) in [7, 11) is 0. The number of aromatic nitrogens is 3. The number of carbonyl (C=O) groups is 1. The smallest absolute Gasteiger partial charge is 0.319 e. The molecule has 1 unspecified atom stereocenters. The van der Waals surface area contributed by atoms with E-state index in [1.54, 1.807) is 29.2 Å². The van der Waals surface area contributed by atoms with Crippen molar-refractivity contribution in [2.24, 2.45) is 5.92 Å². The first kappa shape index (κ1) is 16.0. The predicted molar refractivity (Wildman–Crippen MR) is 83.8 cm³/mol. The third kappa shape index (κ3) is 4.56. The summed E-state index contributed by atoms with van der Waals surface area (Å²) in [5, 5.41) is 22.4. The maximum Gasteiger partial charge on any atom is 0.319 e. The Morgan fingerprint density at radius 2 is 2.05 bits per heavy atom. The molecule has 0 spiro atoms. The van der Waals surface area contributed by atoms with E-state index in [4.69, 9.17) is 0 Å². The predicted octanol–water partition coefficient (Wildman–Crippen LogP) is 1.80. The second-order valence-corrected chi connectivity index (χ2v) is 5.50. The number of urea groups is 1. The molecule has 2 aromatic rings. The van der Waals surface area contributed by atoms with Gasteiger partial charge in [-0.25, -0.2) is 9.48 Å². The van der Waals surface area contributed by atoms with Crippen LogP contribution in [0.25, 0.3) is 5.69 Å². The molecule has 1 atom stereocenters. The molecule has 0 aliphatic heterocycles. The summed E-state index contributed by atoms with van der Waals surface area (Å²) < 4.78 is 1.63. The zero-order valence-corrected chi connectivity index (χ0v) is 12.7. The lowest BCUT2D eigenvalue weighted by Crippen LogP contribution is -2.40. The summed E-state index contributed by atoms with van der Waals surface area (Å²) in [5.41, 5.74) is 1.53. The average molecular weight is 303 g/mol. The molecule has 1 aromatic carbocycles. The number of anilines is 1. The zero-order chi connectivity index (χ0) is 15.9. The van der Waals surface area contributed by atoms with Crippen molar-refractivity contribution in [3.05, 3.63) is 36.7 Å². The monoisotopic (exact) mass is 303 g/mol. The highest BCUT2D eigenvalue weighted by molar-refractivity contribution is 5.89. The Bertz CT molecular complexity index is 580. The Kier molecular flexibility index (Phi) is 5.48. The second-order valence-electron chi connectivity index (χ2n) is 5.50. The van der Waals surface area contributed by atoms with Crippen LogP contribution in [0.15, 0.2) is 36.7 Å². The Morgan fingerprint density at radius 3 is 2.59 bits per heavy atom. The van der Waals surface area contributed by atoms with Crippen LogP contribution in [0.3, 0.4) is 0 Å². The van der Waals surface area contributed by atoms with Crippen molar-refractivity contribution in [1.29, 1.82) is 0 Å². The van der Waals surface area contributed by atoms with Crippen LogP contribution in [0.2, 0.25) is 0 Å².